The van der Waals surface area contributed by atoms with Crippen LogP contribution in [-0.4, -0.2) is 57.7 Å². The van der Waals surface area contributed by atoms with Crippen LogP contribution in [-0.2, 0) is 43.3 Å². The minimum Gasteiger partial charge on any atom is -0.464 e. The van der Waals surface area contributed by atoms with Crippen molar-refractivity contribution in [2.45, 2.75) is 45.5 Å². The summed E-state index contributed by atoms with van der Waals surface area (Å²) >= 11 is 0. The second kappa shape index (κ2) is 10.2. The minimum atomic E-state index is -4.57. The van der Waals surface area contributed by atoms with Gasteiger partial charge in [-0.1, -0.05) is 0 Å². The van der Waals surface area contributed by atoms with Crippen molar-refractivity contribution in [2.24, 2.45) is 0 Å². The SMILES string of the molecule is CCNC(=O)c1nc(C(F)(F)F)n2c1CNCC2.COC(=O)c1nc(C(F)(F)F)n2c1CNCC2. The zero-order chi connectivity index (χ0) is 26.0. The van der Waals surface area contributed by atoms with Crippen molar-refractivity contribution in [2.75, 3.05) is 26.7 Å². The lowest BCUT2D eigenvalue weighted by Gasteiger charge is -2.19. The van der Waals surface area contributed by atoms with E-state index < -0.39 is 35.9 Å². The van der Waals surface area contributed by atoms with Crippen LogP contribution in [0.25, 0.3) is 0 Å². The lowest BCUT2D eigenvalue weighted by atomic mass is 10.2. The molecule has 4 heterocycles. The van der Waals surface area contributed by atoms with Crippen LogP contribution in [0.4, 0.5) is 26.3 Å². The topological polar surface area (TPSA) is 115 Å². The van der Waals surface area contributed by atoms with E-state index in [1.54, 1.807) is 6.92 Å². The van der Waals surface area contributed by atoms with Crippen LogP contribution in [0.5, 0.6) is 0 Å². The molecule has 0 radical (unpaired) electrons. The number of aromatic nitrogens is 4. The highest BCUT2D eigenvalue weighted by atomic mass is 19.4. The first-order valence-electron chi connectivity index (χ1n) is 10.5. The first-order valence-corrected chi connectivity index (χ1v) is 10.5. The second-order valence-electron chi connectivity index (χ2n) is 7.46. The Morgan fingerprint density at radius 3 is 1.80 bits per heavy atom. The summed E-state index contributed by atoms with van der Waals surface area (Å²) in [6.07, 6.45) is -9.12. The van der Waals surface area contributed by atoms with Gasteiger partial charge >= 0.3 is 18.3 Å². The molecule has 35 heavy (non-hydrogen) atoms. The average molecular weight is 511 g/mol. The molecule has 0 aliphatic carbocycles. The predicted molar refractivity (Wildman–Crippen MR) is 107 cm³/mol. The molecular formula is C19H23F6N7O3. The fraction of sp³-hybridized carbons (Fsp3) is 0.579. The van der Waals surface area contributed by atoms with Gasteiger partial charge in [-0.15, -0.1) is 0 Å². The number of fused-ring (bicyclic) bond motifs is 2. The molecule has 3 N–H and O–H groups in total. The molecule has 0 saturated carbocycles. The predicted octanol–water partition coefficient (Wildman–Crippen LogP) is 1.55. The van der Waals surface area contributed by atoms with Crippen molar-refractivity contribution >= 4 is 11.9 Å². The van der Waals surface area contributed by atoms with Gasteiger partial charge in [0.1, 0.15) is 0 Å². The van der Waals surface area contributed by atoms with Gasteiger partial charge in [-0.2, -0.15) is 26.3 Å². The number of esters is 1. The number of alkyl halides is 6. The maximum atomic E-state index is 12.8. The van der Waals surface area contributed by atoms with Crippen LogP contribution in [0.1, 0.15) is 50.9 Å². The summed E-state index contributed by atoms with van der Waals surface area (Å²) < 4.78 is 83.0. The second-order valence-corrected chi connectivity index (χ2v) is 7.46. The third kappa shape index (κ3) is 5.58. The summed E-state index contributed by atoms with van der Waals surface area (Å²) in [6.45, 7) is 3.57. The largest absolute Gasteiger partial charge is 0.464 e. The molecule has 0 unspecified atom stereocenters. The van der Waals surface area contributed by atoms with Crippen LogP contribution >= 0.6 is 0 Å². The lowest BCUT2D eigenvalue weighted by molar-refractivity contribution is -0.148. The third-order valence-corrected chi connectivity index (χ3v) is 5.19. The fourth-order valence-corrected chi connectivity index (χ4v) is 3.73. The molecule has 10 nitrogen and oxygen atoms in total. The first kappa shape index (κ1) is 26.5. The van der Waals surface area contributed by atoms with Crippen molar-refractivity contribution < 1.29 is 40.7 Å². The van der Waals surface area contributed by atoms with Crippen molar-refractivity contribution in [1.82, 2.24) is 35.1 Å². The first-order chi connectivity index (χ1) is 16.4. The fourth-order valence-electron chi connectivity index (χ4n) is 3.73. The molecule has 4 rings (SSSR count). The van der Waals surface area contributed by atoms with E-state index in [1.165, 1.54) is 0 Å². The summed E-state index contributed by atoms with van der Waals surface area (Å²) in [7, 11) is 1.11. The van der Waals surface area contributed by atoms with Gasteiger partial charge in [0.15, 0.2) is 11.4 Å². The number of ether oxygens (including phenoxy) is 1. The monoisotopic (exact) mass is 511 g/mol. The lowest BCUT2D eigenvalue weighted by Crippen LogP contribution is -2.32. The molecule has 2 aliphatic rings. The highest BCUT2D eigenvalue weighted by Gasteiger charge is 2.41. The average Bonchev–Trinajstić information content (AvgIpc) is 3.38. The van der Waals surface area contributed by atoms with Crippen LogP contribution in [0.2, 0.25) is 0 Å². The van der Waals surface area contributed by atoms with Gasteiger partial charge in [0.25, 0.3) is 5.91 Å². The molecule has 0 fully saturated rings. The maximum absolute atomic E-state index is 12.8. The number of hydrogen-bond donors (Lipinski definition) is 3. The number of nitrogens with zero attached hydrogens (tertiary/aromatic N) is 4. The van der Waals surface area contributed by atoms with E-state index in [9.17, 15) is 35.9 Å². The Bertz CT molecular complexity index is 1090. The summed E-state index contributed by atoms with van der Waals surface area (Å²) in [4.78, 5) is 29.8. The molecule has 0 aromatic carbocycles. The van der Waals surface area contributed by atoms with Crippen LogP contribution in [0, 0.1) is 0 Å². The van der Waals surface area contributed by atoms with Crippen LogP contribution in [0.15, 0.2) is 0 Å². The number of hydrogen-bond acceptors (Lipinski definition) is 7. The highest BCUT2D eigenvalue weighted by Crippen LogP contribution is 2.32. The Kier molecular flexibility index (Phi) is 7.74. The van der Waals surface area contributed by atoms with Gasteiger partial charge in [0.05, 0.1) is 18.5 Å². The van der Waals surface area contributed by atoms with Gasteiger partial charge in [0.2, 0.25) is 11.6 Å². The number of amides is 1. The van der Waals surface area contributed by atoms with Gasteiger partial charge < -0.3 is 29.8 Å². The Labute approximate surface area is 195 Å². The molecule has 16 heteroatoms. The summed E-state index contributed by atoms with van der Waals surface area (Å²) in [5, 5.41) is 8.29. The van der Waals surface area contributed by atoms with Gasteiger partial charge in [-0.05, 0) is 6.92 Å². The zero-order valence-corrected chi connectivity index (χ0v) is 18.7. The number of rotatable bonds is 3. The molecule has 1 amide bonds. The number of nitrogens with one attached hydrogen (secondary N) is 3. The summed E-state index contributed by atoms with van der Waals surface area (Å²) in [5.74, 6) is -3.47. The molecule has 0 atom stereocenters. The normalized spacial score (nSPS) is 15.4. The summed E-state index contributed by atoms with van der Waals surface area (Å²) in [5.41, 5.74) is 0.0957. The Morgan fingerprint density at radius 2 is 1.37 bits per heavy atom. The number of halogens is 6. The third-order valence-electron chi connectivity index (χ3n) is 5.19. The zero-order valence-electron chi connectivity index (χ0n) is 18.7. The Hall–Kier alpha value is -3.14. The van der Waals surface area contributed by atoms with Crippen LogP contribution < -0.4 is 16.0 Å². The number of carbonyl (C=O) groups is 2. The van der Waals surface area contributed by atoms with E-state index in [-0.39, 0.29) is 43.3 Å². The highest BCUT2D eigenvalue weighted by molar-refractivity contribution is 5.93. The molecule has 2 aromatic heterocycles. The molecule has 0 spiro atoms. The number of imidazole rings is 2. The van der Waals surface area contributed by atoms with E-state index in [0.717, 1.165) is 16.2 Å². The molecule has 0 bridgehead atoms. The standard InChI is InChI=1S/C10H13F3N4O.C9H10F3N3O2/c1-2-15-8(18)7-6-5-14-3-4-17(6)9(16-7)10(11,12)13;1-17-7(16)6-5-4-13-2-3-15(5)8(14-6)9(10,11)12/h14H,2-5H2,1H3,(H,15,18);13H,2-4H2,1H3. The van der Waals surface area contributed by atoms with Crippen molar-refractivity contribution in [3.63, 3.8) is 0 Å². The van der Waals surface area contributed by atoms with Gasteiger partial charge in [-0.3, -0.25) is 4.79 Å². The molecular weight excluding hydrogens is 488 g/mol. The molecule has 2 aliphatic heterocycles. The quantitative estimate of drug-likeness (QED) is 0.423. The van der Waals surface area contributed by atoms with Crippen molar-refractivity contribution in [3.8, 4) is 0 Å². The minimum absolute atomic E-state index is 0.133. The maximum Gasteiger partial charge on any atom is 0.449 e. The van der Waals surface area contributed by atoms with E-state index in [2.05, 4.69) is 30.7 Å². The smallest absolute Gasteiger partial charge is 0.449 e. The molecule has 2 aromatic rings. The van der Waals surface area contributed by atoms with Crippen molar-refractivity contribution in [1.29, 1.82) is 0 Å². The molecule has 194 valence electrons. The van der Waals surface area contributed by atoms with E-state index >= 15 is 0 Å². The number of carbonyl (C=O) groups excluding carboxylic acids is 2. The van der Waals surface area contributed by atoms with E-state index in [1.807, 2.05) is 0 Å². The van der Waals surface area contributed by atoms with Gasteiger partial charge in [0, 0.05) is 45.8 Å². The number of methoxy groups -OCH3 is 1. The molecule has 0 saturated heterocycles. The Morgan fingerprint density at radius 1 is 0.914 bits per heavy atom. The van der Waals surface area contributed by atoms with E-state index in [4.69, 9.17) is 0 Å². The summed E-state index contributed by atoms with van der Waals surface area (Å²) in [6, 6.07) is 0. The van der Waals surface area contributed by atoms with Crippen LogP contribution in [0.3, 0.4) is 0 Å². The van der Waals surface area contributed by atoms with Gasteiger partial charge in [-0.25, -0.2) is 14.8 Å². The van der Waals surface area contributed by atoms with E-state index in [0.29, 0.717) is 25.3 Å². The Balaban J connectivity index is 0.000000196. The van der Waals surface area contributed by atoms with Crippen molar-refractivity contribution in [3.05, 3.63) is 34.4 Å².